The lowest BCUT2D eigenvalue weighted by Gasteiger charge is -2.08. The van der Waals surface area contributed by atoms with Crippen LogP contribution >= 0.6 is 15.9 Å². The van der Waals surface area contributed by atoms with Crippen LogP contribution in [0.5, 0.6) is 0 Å². The molecule has 22 heavy (non-hydrogen) atoms. The summed E-state index contributed by atoms with van der Waals surface area (Å²) in [6.07, 6.45) is 0.953. The van der Waals surface area contributed by atoms with Crippen molar-refractivity contribution in [2.24, 2.45) is 7.05 Å². The molecule has 0 bridgehead atoms. The molecule has 6 nitrogen and oxygen atoms in total. The largest absolute Gasteiger partial charge is 0.448 e. The molecule has 7 heteroatoms. The van der Waals surface area contributed by atoms with Crippen molar-refractivity contribution < 1.29 is 9.21 Å². The van der Waals surface area contributed by atoms with Crippen LogP contribution < -0.4 is 5.32 Å². The predicted octanol–water partition coefficient (Wildman–Crippen LogP) is 3.70. The van der Waals surface area contributed by atoms with Gasteiger partial charge in [0, 0.05) is 31.8 Å². The molecule has 3 heterocycles. The highest BCUT2D eigenvalue weighted by Gasteiger charge is 2.18. The number of halogens is 1. The van der Waals surface area contributed by atoms with Crippen molar-refractivity contribution in [3.63, 3.8) is 0 Å². The molecule has 3 rings (SSSR count). The zero-order chi connectivity index (χ0) is 15.9. The van der Waals surface area contributed by atoms with Crippen molar-refractivity contribution in [2.45, 2.75) is 26.8 Å². The van der Waals surface area contributed by atoms with Crippen molar-refractivity contribution in [3.8, 4) is 0 Å². The molecule has 1 amide bonds. The van der Waals surface area contributed by atoms with Crippen LogP contribution in [0.2, 0.25) is 0 Å². The minimum Gasteiger partial charge on any atom is -0.448 e. The van der Waals surface area contributed by atoms with Crippen LogP contribution in [0.25, 0.3) is 11.1 Å². The van der Waals surface area contributed by atoms with Crippen molar-refractivity contribution >= 4 is 38.8 Å². The molecule has 3 aromatic rings. The molecule has 116 valence electrons. The number of hydrogen-bond acceptors (Lipinski definition) is 3. The Morgan fingerprint density at radius 1 is 1.41 bits per heavy atom. The fourth-order valence-electron chi connectivity index (χ4n) is 2.51. The minimum atomic E-state index is -0.178. The van der Waals surface area contributed by atoms with E-state index in [-0.39, 0.29) is 5.91 Å². The molecule has 0 radical (unpaired) electrons. The number of carbonyl (C=O) groups is 1. The van der Waals surface area contributed by atoms with E-state index in [9.17, 15) is 4.79 Å². The number of carbonyl (C=O) groups excluding carboxylic acids is 1. The molecule has 0 spiro atoms. The molecule has 0 saturated heterocycles. The van der Waals surface area contributed by atoms with E-state index in [1.54, 1.807) is 6.07 Å². The third-order valence-corrected chi connectivity index (χ3v) is 3.90. The summed E-state index contributed by atoms with van der Waals surface area (Å²) in [7, 11) is 1.84. The molecule has 3 aromatic heterocycles. The normalized spacial score (nSPS) is 11.3. The molecular weight excluding hydrogens is 348 g/mol. The van der Waals surface area contributed by atoms with Gasteiger partial charge in [-0.2, -0.15) is 5.10 Å². The lowest BCUT2D eigenvalue weighted by molar-refractivity contribution is 0.101. The third-order valence-electron chi connectivity index (χ3n) is 3.51. The van der Waals surface area contributed by atoms with Gasteiger partial charge in [-0.15, -0.1) is 0 Å². The second kappa shape index (κ2) is 5.64. The van der Waals surface area contributed by atoms with Gasteiger partial charge >= 0.3 is 0 Å². The molecule has 0 aromatic carbocycles. The van der Waals surface area contributed by atoms with Crippen LogP contribution in [-0.2, 0) is 13.6 Å². The van der Waals surface area contributed by atoms with Crippen molar-refractivity contribution in [1.29, 1.82) is 0 Å². The van der Waals surface area contributed by atoms with E-state index >= 15 is 0 Å². The topological polar surface area (TPSA) is 65.0 Å². The maximum atomic E-state index is 12.5. The van der Waals surface area contributed by atoms with E-state index in [1.165, 1.54) is 0 Å². The summed E-state index contributed by atoms with van der Waals surface area (Å²) in [6, 6.07) is 5.46. The van der Waals surface area contributed by atoms with Gasteiger partial charge in [0.25, 0.3) is 5.91 Å². The van der Waals surface area contributed by atoms with Gasteiger partial charge in [-0.25, -0.2) is 4.68 Å². The third kappa shape index (κ3) is 2.56. The van der Waals surface area contributed by atoms with E-state index in [0.29, 0.717) is 21.8 Å². The average Bonchev–Trinajstić information content (AvgIpc) is 3.06. The summed E-state index contributed by atoms with van der Waals surface area (Å²) >= 11 is 3.29. The van der Waals surface area contributed by atoms with Gasteiger partial charge in [0.2, 0.25) is 0 Å². The van der Waals surface area contributed by atoms with Gasteiger partial charge in [-0.1, -0.05) is 6.92 Å². The monoisotopic (exact) mass is 364 g/mol. The first-order valence-corrected chi connectivity index (χ1v) is 7.89. The molecule has 0 saturated carbocycles. The number of rotatable bonds is 4. The number of aryl methyl sites for hydroxylation is 3. The maximum absolute atomic E-state index is 12.5. The number of nitrogens with zero attached hydrogens (tertiary/aromatic N) is 3. The lowest BCUT2D eigenvalue weighted by Crippen LogP contribution is -2.18. The second-order valence-corrected chi connectivity index (χ2v) is 6.02. The Balaban J connectivity index is 1.90. The SMILES string of the molecule is CCCn1nc(C)cc1NC(=O)c1cc2oc(Br)cc2n1C. The van der Waals surface area contributed by atoms with Crippen LogP contribution in [0.15, 0.2) is 27.3 Å². The van der Waals surface area contributed by atoms with Gasteiger partial charge in [0.1, 0.15) is 11.5 Å². The van der Waals surface area contributed by atoms with Gasteiger partial charge in [0.15, 0.2) is 10.3 Å². The minimum absolute atomic E-state index is 0.178. The van der Waals surface area contributed by atoms with E-state index in [1.807, 2.05) is 35.4 Å². The zero-order valence-corrected chi connectivity index (χ0v) is 14.3. The Kier molecular flexibility index (Phi) is 3.82. The molecule has 0 aliphatic carbocycles. The zero-order valence-electron chi connectivity index (χ0n) is 12.7. The molecular formula is C15H17BrN4O2. The highest BCUT2D eigenvalue weighted by molar-refractivity contribution is 9.10. The van der Waals surface area contributed by atoms with E-state index in [2.05, 4.69) is 33.3 Å². The van der Waals surface area contributed by atoms with Gasteiger partial charge < -0.3 is 14.3 Å². The summed E-state index contributed by atoms with van der Waals surface area (Å²) in [5.41, 5.74) is 2.98. The lowest BCUT2D eigenvalue weighted by atomic mass is 10.4. The smallest absolute Gasteiger partial charge is 0.273 e. The Bertz CT molecular complexity index is 843. The number of furan rings is 1. The standard InChI is InChI=1S/C15H17BrN4O2/c1-4-5-20-14(6-9(2)18-20)17-15(21)11-7-12-10(19(11)3)8-13(16)22-12/h6-8H,4-5H2,1-3H3,(H,17,21). The Labute approximate surface area is 136 Å². The highest BCUT2D eigenvalue weighted by Crippen LogP contribution is 2.26. The summed E-state index contributed by atoms with van der Waals surface area (Å²) in [5, 5.41) is 7.31. The number of aromatic nitrogens is 3. The van der Waals surface area contributed by atoms with Gasteiger partial charge in [-0.05, 0) is 29.3 Å². The van der Waals surface area contributed by atoms with E-state index in [0.717, 1.165) is 24.2 Å². The van der Waals surface area contributed by atoms with Gasteiger partial charge in [-0.3, -0.25) is 4.79 Å². The molecule has 0 atom stereocenters. The molecule has 1 N–H and O–H groups in total. The van der Waals surface area contributed by atoms with Crippen LogP contribution in [0.4, 0.5) is 5.82 Å². The van der Waals surface area contributed by atoms with Crippen molar-refractivity contribution in [3.05, 3.63) is 34.3 Å². The molecule has 0 aliphatic rings. The van der Waals surface area contributed by atoms with E-state index in [4.69, 9.17) is 4.42 Å². The fraction of sp³-hybridized carbons (Fsp3) is 0.333. The first-order valence-electron chi connectivity index (χ1n) is 7.10. The van der Waals surface area contributed by atoms with E-state index < -0.39 is 0 Å². The summed E-state index contributed by atoms with van der Waals surface area (Å²) in [4.78, 5) is 12.5. The van der Waals surface area contributed by atoms with Crippen LogP contribution in [-0.4, -0.2) is 20.3 Å². The highest BCUT2D eigenvalue weighted by atomic mass is 79.9. The van der Waals surface area contributed by atoms with Crippen LogP contribution in [0.3, 0.4) is 0 Å². The first kappa shape index (κ1) is 14.9. The molecule has 0 aliphatic heterocycles. The first-order chi connectivity index (χ1) is 10.5. The molecule has 0 unspecified atom stereocenters. The maximum Gasteiger partial charge on any atom is 0.273 e. The van der Waals surface area contributed by atoms with Crippen molar-refractivity contribution in [1.82, 2.24) is 14.3 Å². The van der Waals surface area contributed by atoms with Gasteiger partial charge in [0.05, 0.1) is 11.2 Å². The predicted molar refractivity (Wildman–Crippen MR) is 88.1 cm³/mol. The summed E-state index contributed by atoms with van der Waals surface area (Å²) < 4.78 is 9.77. The number of amides is 1. The molecule has 0 fully saturated rings. The quantitative estimate of drug-likeness (QED) is 0.767. The summed E-state index contributed by atoms with van der Waals surface area (Å²) in [5.74, 6) is 0.533. The Morgan fingerprint density at radius 3 is 2.86 bits per heavy atom. The summed E-state index contributed by atoms with van der Waals surface area (Å²) in [6.45, 7) is 4.76. The van der Waals surface area contributed by atoms with Crippen molar-refractivity contribution in [2.75, 3.05) is 5.32 Å². The number of anilines is 1. The fourth-order valence-corrected chi connectivity index (χ4v) is 2.90. The Hall–Kier alpha value is -2.02. The number of hydrogen-bond donors (Lipinski definition) is 1. The second-order valence-electron chi connectivity index (χ2n) is 5.24. The van der Waals surface area contributed by atoms with Crippen LogP contribution in [0.1, 0.15) is 29.5 Å². The Morgan fingerprint density at radius 2 is 2.18 bits per heavy atom. The average molecular weight is 365 g/mol. The number of fused-ring (bicyclic) bond motifs is 1. The van der Waals surface area contributed by atoms with Crippen LogP contribution in [0, 0.1) is 6.92 Å². The number of nitrogens with one attached hydrogen (secondary N) is 1.